The zero-order valence-corrected chi connectivity index (χ0v) is 13.1. The van der Waals surface area contributed by atoms with Crippen molar-refractivity contribution in [2.75, 3.05) is 26.2 Å². The third kappa shape index (κ3) is 3.93. The Morgan fingerprint density at radius 2 is 1.95 bits per heavy atom. The number of nitrogens with one attached hydrogen (secondary N) is 1. The van der Waals surface area contributed by atoms with Gasteiger partial charge in [-0.1, -0.05) is 0 Å². The molecule has 2 fully saturated rings. The van der Waals surface area contributed by atoms with Gasteiger partial charge in [-0.05, 0) is 40.5 Å². The average Bonchev–Trinajstić information content (AvgIpc) is 2.88. The molecular formula is C15H28N2O3. The van der Waals surface area contributed by atoms with Crippen molar-refractivity contribution < 1.29 is 14.3 Å². The van der Waals surface area contributed by atoms with E-state index in [1.165, 1.54) is 0 Å². The highest BCUT2D eigenvalue weighted by atomic mass is 16.5. The van der Waals surface area contributed by atoms with E-state index in [1.807, 2.05) is 0 Å². The summed E-state index contributed by atoms with van der Waals surface area (Å²) >= 11 is 0. The first-order chi connectivity index (χ1) is 9.38. The largest absolute Gasteiger partial charge is 0.373 e. The Morgan fingerprint density at radius 1 is 1.30 bits per heavy atom. The van der Waals surface area contributed by atoms with Crippen LogP contribution in [0.3, 0.4) is 0 Å². The zero-order chi connectivity index (χ0) is 14.8. The van der Waals surface area contributed by atoms with Gasteiger partial charge >= 0.3 is 0 Å². The first kappa shape index (κ1) is 15.7. The van der Waals surface area contributed by atoms with Crippen LogP contribution in [-0.2, 0) is 14.3 Å². The number of hydrogen-bond donors (Lipinski definition) is 1. The highest BCUT2D eigenvalue weighted by Gasteiger charge is 2.34. The van der Waals surface area contributed by atoms with Crippen LogP contribution in [0.15, 0.2) is 0 Å². The average molecular weight is 284 g/mol. The second kappa shape index (κ2) is 6.41. The van der Waals surface area contributed by atoms with Crippen LogP contribution in [-0.4, -0.2) is 60.9 Å². The number of morpholine rings is 1. The second-order valence-electron chi connectivity index (χ2n) is 6.69. The number of amides is 1. The van der Waals surface area contributed by atoms with Gasteiger partial charge in [0.1, 0.15) is 6.10 Å². The van der Waals surface area contributed by atoms with Crippen LogP contribution < -0.4 is 5.32 Å². The van der Waals surface area contributed by atoms with Gasteiger partial charge in [0.15, 0.2) is 0 Å². The fourth-order valence-electron chi connectivity index (χ4n) is 2.99. The monoisotopic (exact) mass is 284 g/mol. The summed E-state index contributed by atoms with van der Waals surface area (Å²) in [6, 6.07) is 0. The SMILES string of the molecule is C[C@@H]1CN(C(C)(C)CNC(=O)[C@@H]2CCCO2)C[C@H](C)O1. The fraction of sp³-hybridized carbons (Fsp3) is 0.933. The summed E-state index contributed by atoms with van der Waals surface area (Å²) in [5, 5.41) is 3.05. The van der Waals surface area contributed by atoms with E-state index in [-0.39, 0.29) is 29.8 Å². The predicted octanol–water partition coefficient (Wildman–Crippen LogP) is 1.17. The summed E-state index contributed by atoms with van der Waals surface area (Å²) in [7, 11) is 0. The molecule has 2 rings (SSSR count). The number of carbonyl (C=O) groups excluding carboxylic acids is 1. The van der Waals surface area contributed by atoms with Crippen molar-refractivity contribution in [3.8, 4) is 0 Å². The standard InChI is InChI=1S/C15H28N2O3/c1-11-8-17(9-12(2)20-11)15(3,4)10-16-14(18)13-6-5-7-19-13/h11-13H,5-10H2,1-4H3,(H,16,18)/t11-,12+,13-/m0/s1. The van der Waals surface area contributed by atoms with E-state index in [0.29, 0.717) is 13.2 Å². The minimum atomic E-state index is -0.242. The molecule has 2 aliphatic rings. The summed E-state index contributed by atoms with van der Waals surface area (Å²) in [5.74, 6) is 0.0323. The molecule has 0 aromatic heterocycles. The molecule has 0 aromatic carbocycles. The molecule has 5 heteroatoms. The minimum Gasteiger partial charge on any atom is -0.373 e. The summed E-state index contributed by atoms with van der Waals surface area (Å²) in [6.07, 6.45) is 2.07. The molecule has 2 saturated heterocycles. The van der Waals surface area contributed by atoms with Gasteiger partial charge in [-0.2, -0.15) is 0 Å². The van der Waals surface area contributed by atoms with Crippen LogP contribution in [0.2, 0.25) is 0 Å². The molecule has 0 aromatic rings. The van der Waals surface area contributed by atoms with Crippen molar-refractivity contribution in [2.45, 2.75) is 64.4 Å². The minimum absolute atomic E-state index is 0.0323. The fourth-order valence-corrected chi connectivity index (χ4v) is 2.99. The summed E-state index contributed by atoms with van der Waals surface area (Å²) in [4.78, 5) is 14.4. The molecule has 2 aliphatic heterocycles. The lowest BCUT2D eigenvalue weighted by Gasteiger charge is -2.45. The lowest BCUT2D eigenvalue weighted by molar-refractivity contribution is -0.131. The van der Waals surface area contributed by atoms with Crippen LogP contribution in [0, 0.1) is 0 Å². The van der Waals surface area contributed by atoms with Gasteiger partial charge in [-0.3, -0.25) is 9.69 Å². The molecule has 0 saturated carbocycles. The highest BCUT2D eigenvalue weighted by Crippen LogP contribution is 2.21. The number of hydrogen-bond acceptors (Lipinski definition) is 4. The summed E-state index contributed by atoms with van der Waals surface area (Å²) in [6.45, 7) is 11.7. The number of rotatable bonds is 4. The molecule has 1 amide bonds. The van der Waals surface area contributed by atoms with Crippen molar-refractivity contribution in [1.29, 1.82) is 0 Å². The van der Waals surface area contributed by atoms with Crippen LogP contribution in [0.4, 0.5) is 0 Å². The Labute approximate surface area is 122 Å². The molecule has 0 unspecified atom stereocenters. The maximum Gasteiger partial charge on any atom is 0.249 e. The molecular weight excluding hydrogens is 256 g/mol. The third-order valence-corrected chi connectivity index (χ3v) is 4.19. The lowest BCUT2D eigenvalue weighted by Crippen LogP contribution is -2.59. The molecule has 0 radical (unpaired) electrons. The van der Waals surface area contributed by atoms with Crippen LogP contribution in [0.25, 0.3) is 0 Å². The van der Waals surface area contributed by atoms with Gasteiger partial charge in [-0.25, -0.2) is 0 Å². The Bertz CT molecular complexity index is 330. The molecule has 2 heterocycles. The first-order valence-electron chi connectivity index (χ1n) is 7.68. The van der Waals surface area contributed by atoms with E-state index in [9.17, 15) is 4.79 Å². The topological polar surface area (TPSA) is 50.8 Å². The maximum atomic E-state index is 12.0. The van der Waals surface area contributed by atoms with Crippen LogP contribution in [0.1, 0.15) is 40.5 Å². The van der Waals surface area contributed by atoms with Crippen molar-refractivity contribution in [1.82, 2.24) is 10.2 Å². The molecule has 0 bridgehead atoms. The van der Waals surface area contributed by atoms with E-state index in [1.54, 1.807) is 0 Å². The second-order valence-corrected chi connectivity index (χ2v) is 6.69. The van der Waals surface area contributed by atoms with Crippen LogP contribution in [0.5, 0.6) is 0 Å². The predicted molar refractivity (Wildman–Crippen MR) is 77.6 cm³/mol. The van der Waals surface area contributed by atoms with Crippen molar-refractivity contribution in [3.05, 3.63) is 0 Å². The van der Waals surface area contributed by atoms with Crippen molar-refractivity contribution in [3.63, 3.8) is 0 Å². The highest BCUT2D eigenvalue weighted by molar-refractivity contribution is 5.81. The van der Waals surface area contributed by atoms with Gasteiger partial charge in [0.25, 0.3) is 0 Å². The van der Waals surface area contributed by atoms with E-state index < -0.39 is 0 Å². The summed E-state index contributed by atoms with van der Waals surface area (Å²) in [5.41, 5.74) is -0.0689. The molecule has 20 heavy (non-hydrogen) atoms. The third-order valence-electron chi connectivity index (χ3n) is 4.19. The molecule has 0 aliphatic carbocycles. The van der Waals surface area contributed by atoms with Gasteiger partial charge in [0, 0.05) is 31.8 Å². The van der Waals surface area contributed by atoms with Gasteiger partial charge in [-0.15, -0.1) is 0 Å². The Kier molecular flexibility index (Phi) is 5.04. The molecule has 3 atom stereocenters. The normalized spacial score (nSPS) is 32.3. The lowest BCUT2D eigenvalue weighted by atomic mass is 10.00. The number of ether oxygens (including phenoxy) is 2. The Morgan fingerprint density at radius 3 is 2.50 bits per heavy atom. The molecule has 0 spiro atoms. The zero-order valence-electron chi connectivity index (χ0n) is 13.1. The smallest absolute Gasteiger partial charge is 0.249 e. The molecule has 1 N–H and O–H groups in total. The Balaban J connectivity index is 1.84. The summed E-state index contributed by atoms with van der Waals surface area (Å²) < 4.78 is 11.2. The molecule has 5 nitrogen and oxygen atoms in total. The van der Waals surface area contributed by atoms with Gasteiger partial charge in [0.05, 0.1) is 12.2 Å². The van der Waals surface area contributed by atoms with Crippen molar-refractivity contribution in [2.24, 2.45) is 0 Å². The van der Waals surface area contributed by atoms with E-state index in [2.05, 4.69) is 37.9 Å². The van der Waals surface area contributed by atoms with E-state index >= 15 is 0 Å². The first-order valence-corrected chi connectivity index (χ1v) is 7.68. The van der Waals surface area contributed by atoms with Crippen LogP contribution >= 0.6 is 0 Å². The number of carbonyl (C=O) groups is 1. The quantitative estimate of drug-likeness (QED) is 0.842. The number of nitrogens with zero attached hydrogens (tertiary/aromatic N) is 1. The Hall–Kier alpha value is -0.650. The van der Waals surface area contributed by atoms with Gasteiger partial charge < -0.3 is 14.8 Å². The van der Waals surface area contributed by atoms with Gasteiger partial charge in [0.2, 0.25) is 5.91 Å². The molecule has 116 valence electrons. The van der Waals surface area contributed by atoms with Crippen molar-refractivity contribution >= 4 is 5.91 Å². The van der Waals surface area contributed by atoms with E-state index in [0.717, 1.165) is 25.9 Å². The maximum absolute atomic E-state index is 12.0. The van der Waals surface area contributed by atoms with E-state index in [4.69, 9.17) is 9.47 Å².